The molecule has 0 bridgehead atoms. The van der Waals surface area contributed by atoms with E-state index in [2.05, 4.69) is 63.2 Å². The normalized spacial score (nSPS) is 12.7. The van der Waals surface area contributed by atoms with Crippen molar-refractivity contribution in [1.29, 1.82) is 0 Å². The Labute approximate surface area is 124 Å². The lowest BCUT2D eigenvalue weighted by Crippen LogP contribution is -2.22. The number of halogens is 2. The van der Waals surface area contributed by atoms with Crippen molar-refractivity contribution < 1.29 is 4.42 Å². The largest absolute Gasteiger partial charge is 0.466 e. The van der Waals surface area contributed by atoms with Gasteiger partial charge in [0.05, 0.1) is 16.8 Å². The third kappa shape index (κ3) is 2.71. The van der Waals surface area contributed by atoms with Crippen LogP contribution in [0.25, 0.3) is 0 Å². The highest BCUT2D eigenvalue weighted by atomic mass is 79.9. The monoisotopic (exact) mass is 371 g/mol. The molecule has 96 valence electrons. The van der Waals surface area contributed by atoms with Gasteiger partial charge in [0, 0.05) is 4.47 Å². The van der Waals surface area contributed by atoms with Crippen LogP contribution in [0, 0.1) is 6.92 Å². The van der Waals surface area contributed by atoms with Gasteiger partial charge in [0.2, 0.25) is 0 Å². The summed E-state index contributed by atoms with van der Waals surface area (Å²) < 4.78 is 7.71. The summed E-state index contributed by atoms with van der Waals surface area (Å²) in [5.74, 6) is 0.915. The summed E-state index contributed by atoms with van der Waals surface area (Å²) in [7, 11) is 0. The first kappa shape index (κ1) is 13.8. The maximum Gasteiger partial charge on any atom is 0.139 e. The van der Waals surface area contributed by atoms with Gasteiger partial charge in [-0.15, -0.1) is 0 Å². The van der Waals surface area contributed by atoms with Crippen LogP contribution in [-0.4, -0.2) is 6.54 Å². The van der Waals surface area contributed by atoms with Crippen molar-refractivity contribution in [2.75, 3.05) is 6.54 Å². The highest BCUT2D eigenvalue weighted by Gasteiger charge is 2.21. The second kappa shape index (κ2) is 6.04. The molecule has 0 saturated heterocycles. The van der Waals surface area contributed by atoms with Gasteiger partial charge in [-0.3, -0.25) is 0 Å². The molecule has 1 heterocycles. The fourth-order valence-corrected chi connectivity index (χ4v) is 2.81. The van der Waals surface area contributed by atoms with Crippen LogP contribution in [0.3, 0.4) is 0 Å². The number of furan rings is 1. The molecule has 0 radical (unpaired) electrons. The van der Waals surface area contributed by atoms with E-state index in [1.165, 1.54) is 11.1 Å². The van der Waals surface area contributed by atoms with Crippen molar-refractivity contribution in [2.24, 2.45) is 0 Å². The Balaban J connectivity index is 2.48. The van der Waals surface area contributed by atoms with E-state index >= 15 is 0 Å². The molecule has 0 saturated carbocycles. The molecule has 4 heteroatoms. The lowest BCUT2D eigenvalue weighted by molar-refractivity contribution is 0.449. The van der Waals surface area contributed by atoms with Crippen molar-refractivity contribution in [3.63, 3.8) is 0 Å². The minimum absolute atomic E-state index is 0.0666. The lowest BCUT2D eigenvalue weighted by atomic mass is 9.99. The van der Waals surface area contributed by atoms with Crippen LogP contribution in [0.5, 0.6) is 0 Å². The minimum atomic E-state index is 0.0666. The van der Waals surface area contributed by atoms with Gasteiger partial charge in [-0.1, -0.05) is 35.0 Å². The molecule has 2 nitrogen and oxygen atoms in total. The maximum absolute atomic E-state index is 5.60. The Hall–Kier alpha value is -0.580. The van der Waals surface area contributed by atoms with Gasteiger partial charge in [-0.05, 0) is 52.7 Å². The van der Waals surface area contributed by atoms with Crippen molar-refractivity contribution in [1.82, 2.24) is 5.32 Å². The summed E-state index contributed by atoms with van der Waals surface area (Å²) in [6, 6.07) is 8.22. The zero-order chi connectivity index (χ0) is 13.1. The molecule has 0 aliphatic rings. The molecular formula is C14H15Br2NO. The summed E-state index contributed by atoms with van der Waals surface area (Å²) in [6.07, 6.45) is 1.71. The highest BCUT2D eigenvalue weighted by molar-refractivity contribution is 9.10. The molecular weight excluding hydrogens is 358 g/mol. The van der Waals surface area contributed by atoms with E-state index in [4.69, 9.17) is 4.42 Å². The van der Waals surface area contributed by atoms with E-state index in [1.54, 1.807) is 6.26 Å². The van der Waals surface area contributed by atoms with E-state index in [0.717, 1.165) is 21.3 Å². The first-order valence-electron chi connectivity index (χ1n) is 5.86. The topological polar surface area (TPSA) is 25.2 Å². The summed E-state index contributed by atoms with van der Waals surface area (Å²) in [5, 5.41) is 3.47. The van der Waals surface area contributed by atoms with Gasteiger partial charge < -0.3 is 9.73 Å². The molecule has 1 N–H and O–H groups in total. The first-order valence-corrected chi connectivity index (χ1v) is 7.45. The predicted octanol–water partition coefficient (Wildman–Crippen LogP) is 4.81. The third-order valence-corrected chi connectivity index (χ3v) is 4.45. The van der Waals surface area contributed by atoms with Crippen LogP contribution in [0.4, 0.5) is 0 Å². The average Bonchev–Trinajstić information content (AvgIpc) is 2.76. The van der Waals surface area contributed by atoms with Gasteiger partial charge in [0.15, 0.2) is 0 Å². The van der Waals surface area contributed by atoms with E-state index in [1.807, 2.05) is 12.1 Å². The first-order chi connectivity index (χ1) is 8.65. The van der Waals surface area contributed by atoms with Gasteiger partial charge >= 0.3 is 0 Å². The standard InChI is InChI=1S/C14H15Br2NO/c1-3-17-13(14-12(16)7-8-18-14)10-5-4-6-11(15)9(10)2/h4-8,13,17H,3H2,1-2H3. The molecule has 1 aromatic carbocycles. The predicted molar refractivity (Wildman–Crippen MR) is 80.8 cm³/mol. The smallest absolute Gasteiger partial charge is 0.139 e. The molecule has 0 fully saturated rings. The fourth-order valence-electron chi connectivity index (χ4n) is 2.00. The van der Waals surface area contributed by atoms with Crippen molar-refractivity contribution in [3.05, 3.63) is 56.4 Å². The van der Waals surface area contributed by atoms with E-state index < -0.39 is 0 Å². The Morgan fingerprint density at radius 2 is 2.00 bits per heavy atom. The summed E-state index contributed by atoms with van der Waals surface area (Å²) >= 11 is 7.11. The molecule has 0 aliphatic heterocycles. The Morgan fingerprint density at radius 1 is 1.22 bits per heavy atom. The summed E-state index contributed by atoms with van der Waals surface area (Å²) in [4.78, 5) is 0. The molecule has 18 heavy (non-hydrogen) atoms. The summed E-state index contributed by atoms with van der Waals surface area (Å²) in [5.41, 5.74) is 2.45. The molecule has 2 aromatic rings. The number of rotatable bonds is 4. The molecule has 1 aromatic heterocycles. The van der Waals surface area contributed by atoms with Gasteiger partial charge in [0.1, 0.15) is 5.76 Å². The average molecular weight is 373 g/mol. The number of hydrogen-bond acceptors (Lipinski definition) is 2. The number of benzene rings is 1. The maximum atomic E-state index is 5.60. The lowest BCUT2D eigenvalue weighted by Gasteiger charge is -2.19. The second-order valence-corrected chi connectivity index (χ2v) is 5.79. The van der Waals surface area contributed by atoms with Gasteiger partial charge in [-0.25, -0.2) is 0 Å². The molecule has 0 amide bonds. The van der Waals surface area contributed by atoms with E-state index in [9.17, 15) is 0 Å². The highest BCUT2D eigenvalue weighted by Crippen LogP contribution is 2.33. The third-order valence-electron chi connectivity index (χ3n) is 2.94. The minimum Gasteiger partial charge on any atom is -0.466 e. The molecule has 1 atom stereocenters. The van der Waals surface area contributed by atoms with Crippen LogP contribution < -0.4 is 5.32 Å². The van der Waals surface area contributed by atoms with Crippen LogP contribution >= 0.6 is 31.9 Å². The SMILES string of the molecule is CCNC(c1cccc(Br)c1C)c1occc1Br. The van der Waals surface area contributed by atoms with Gasteiger partial charge in [-0.2, -0.15) is 0 Å². The second-order valence-electron chi connectivity index (χ2n) is 4.08. The molecule has 2 rings (SSSR count). The van der Waals surface area contributed by atoms with Crippen LogP contribution in [-0.2, 0) is 0 Å². The van der Waals surface area contributed by atoms with Crippen molar-refractivity contribution in [2.45, 2.75) is 19.9 Å². The molecule has 0 aliphatic carbocycles. The van der Waals surface area contributed by atoms with Crippen molar-refractivity contribution in [3.8, 4) is 0 Å². The van der Waals surface area contributed by atoms with Gasteiger partial charge in [0.25, 0.3) is 0 Å². The van der Waals surface area contributed by atoms with Crippen LogP contribution in [0.2, 0.25) is 0 Å². The number of nitrogens with one attached hydrogen (secondary N) is 1. The van der Waals surface area contributed by atoms with Crippen LogP contribution in [0.1, 0.15) is 29.9 Å². The Bertz CT molecular complexity index is 536. The zero-order valence-corrected chi connectivity index (χ0v) is 13.5. The zero-order valence-electron chi connectivity index (χ0n) is 10.3. The Kier molecular flexibility index (Phi) is 4.65. The van der Waals surface area contributed by atoms with E-state index in [0.29, 0.717) is 0 Å². The van der Waals surface area contributed by atoms with E-state index in [-0.39, 0.29) is 6.04 Å². The Morgan fingerprint density at radius 3 is 2.61 bits per heavy atom. The summed E-state index contributed by atoms with van der Waals surface area (Å²) in [6.45, 7) is 5.08. The van der Waals surface area contributed by atoms with Crippen LogP contribution in [0.15, 0.2) is 43.9 Å². The van der Waals surface area contributed by atoms with Crippen molar-refractivity contribution >= 4 is 31.9 Å². The quantitative estimate of drug-likeness (QED) is 0.832. The fraction of sp³-hybridized carbons (Fsp3) is 0.286. The molecule has 1 unspecified atom stereocenters. The number of hydrogen-bond donors (Lipinski definition) is 1. The molecule has 0 spiro atoms.